The summed E-state index contributed by atoms with van der Waals surface area (Å²) in [6, 6.07) is 7.91. The van der Waals surface area contributed by atoms with E-state index in [-0.39, 0.29) is 11.8 Å². The molecule has 0 bridgehead atoms. The first-order valence-electron chi connectivity index (χ1n) is 7.80. The Morgan fingerprint density at radius 3 is 2.13 bits per heavy atom. The third-order valence-electron chi connectivity index (χ3n) is 4.05. The van der Waals surface area contributed by atoms with E-state index in [1.165, 1.54) is 6.92 Å². The largest absolute Gasteiger partial charge is 0.463 e. The van der Waals surface area contributed by atoms with Crippen LogP contribution in [-0.2, 0) is 14.3 Å². The fourth-order valence-electron chi connectivity index (χ4n) is 3.03. The van der Waals surface area contributed by atoms with Gasteiger partial charge in [0.25, 0.3) is 0 Å². The van der Waals surface area contributed by atoms with Crippen molar-refractivity contribution in [3.8, 4) is 0 Å². The predicted molar refractivity (Wildman–Crippen MR) is 89.8 cm³/mol. The van der Waals surface area contributed by atoms with Crippen molar-refractivity contribution >= 4 is 11.8 Å². The maximum atomic E-state index is 12.5. The van der Waals surface area contributed by atoms with Crippen LogP contribution < -0.4 is 5.32 Å². The van der Waals surface area contributed by atoms with Crippen LogP contribution in [0.5, 0.6) is 0 Å². The lowest BCUT2D eigenvalue weighted by Crippen LogP contribution is -2.31. The van der Waals surface area contributed by atoms with E-state index >= 15 is 0 Å². The average Bonchev–Trinajstić information content (AvgIpc) is 2.46. The molecule has 23 heavy (non-hydrogen) atoms. The molecule has 0 radical (unpaired) electrons. The Morgan fingerprint density at radius 1 is 1.04 bits per heavy atom. The molecular weight excluding hydrogens is 290 g/mol. The van der Waals surface area contributed by atoms with Crippen molar-refractivity contribution in [3.05, 3.63) is 57.9 Å². The number of benzene rings is 1. The van der Waals surface area contributed by atoms with Crippen molar-refractivity contribution in [1.29, 1.82) is 0 Å². The zero-order valence-corrected chi connectivity index (χ0v) is 14.3. The van der Waals surface area contributed by atoms with Crippen molar-refractivity contribution in [2.24, 2.45) is 0 Å². The molecule has 4 nitrogen and oxygen atoms in total. The Labute approximate surface area is 137 Å². The highest BCUT2D eigenvalue weighted by molar-refractivity contribution is 6.02. The summed E-state index contributed by atoms with van der Waals surface area (Å²) >= 11 is 0. The summed E-state index contributed by atoms with van der Waals surface area (Å²) in [5.41, 5.74) is 4.69. The minimum absolute atomic E-state index is 0.0464. The van der Waals surface area contributed by atoms with Gasteiger partial charge in [0.05, 0.1) is 12.2 Å². The van der Waals surface area contributed by atoms with E-state index in [0.29, 0.717) is 17.8 Å². The van der Waals surface area contributed by atoms with Crippen LogP contribution in [0.25, 0.3) is 0 Å². The summed E-state index contributed by atoms with van der Waals surface area (Å²) in [4.78, 5) is 24.7. The van der Waals surface area contributed by atoms with Gasteiger partial charge < -0.3 is 10.1 Å². The highest BCUT2D eigenvalue weighted by Gasteiger charge is 2.35. The minimum atomic E-state index is -0.395. The van der Waals surface area contributed by atoms with Crippen LogP contribution in [-0.4, -0.2) is 18.4 Å². The Bertz CT molecular complexity index is 696. The number of allylic oxidation sites excluding steroid dienone is 3. The highest BCUT2D eigenvalue weighted by atomic mass is 16.5. The van der Waals surface area contributed by atoms with E-state index in [9.17, 15) is 9.59 Å². The Morgan fingerprint density at radius 2 is 1.61 bits per heavy atom. The first-order chi connectivity index (χ1) is 10.9. The number of ether oxygens (including phenoxy) is 1. The molecule has 0 aromatic heterocycles. The zero-order chi connectivity index (χ0) is 17.1. The molecule has 4 heteroatoms. The summed E-state index contributed by atoms with van der Waals surface area (Å²) in [7, 11) is 0. The van der Waals surface area contributed by atoms with Gasteiger partial charge in [-0.05, 0) is 40.2 Å². The smallest absolute Gasteiger partial charge is 0.336 e. The standard InChI is InChI=1S/C19H23NO3/c1-6-23-19(22)17-13(4)20-12(3)16(14(5)21)18(17)15-9-7-11(2)8-10-15/h7-10,18,20H,6H2,1-5H3. The molecule has 1 unspecified atom stereocenters. The van der Waals surface area contributed by atoms with Gasteiger partial charge in [0.2, 0.25) is 0 Å². The fraction of sp³-hybridized carbons (Fsp3) is 0.368. The van der Waals surface area contributed by atoms with Crippen molar-refractivity contribution in [2.75, 3.05) is 6.61 Å². The number of nitrogens with one attached hydrogen (secondary N) is 1. The van der Waals surface area contributed by atoms with E-state index in [0.717, 1.165) is 22.5 Å². The number of hydrogen-bond donors (Lipinski definition) is 1. The van der Waals surface area contributed by atoms with Gasteiger partial charge in [0, 0.05) is 22.9 Å². The van der Waals surface area contributed by atoms with Crippen molar-refractivity contribution in [2.45, 2.75) is 40.5 Å². The third-order valence-corrected chi connectivity index (χ3v) is 4.05. The highest BCUT2D eigenvalue weighted by Crippen LogP contribution is 2.38. The van der Waals surface area contributed by atoms with Gasteiger partial charge >= 0.3 is 5.97 Å². The van der Waals surface area contributed by atoms with Crippen molar-refractivity contribution in [1.82, 2.24) is 5.32 Å². The molecule has 1 aromatic rings. The molecule has 0 fully saturated rings. The second-order valence-electron chi connectivity index (χ2n) is 5.82. The molecular formula is C19H23NO3. The topological polar surface area (TPSA) is 55.4 Å². The number of carbonyl (C=O) groups excluding carboxylic acids is 2. The fourth-order valence-corrected chi connectivity index (χ4v) is 3.03. The van der Waals surface area contributed by atoms with Gasteiger partial charge in [0.1, 0.15) is 0 Å². The third kappa shape index (κ3) is 3.36. The quantitative estimate of drug-likeness (QED) is 0.866. The summed E-state index contributed by atoms with van der Waals surface area (Å²) in [6.07, 6.45) is 0. The molecule has 1 aromatic carbocycles. The van der Waals surface area contributed by atoms with Crippen LogP contribution in [0.2, 0.25) is 0 Å². The Balaban J connectivity index is 2.63. The maximum Gasteiger partial charge on any atom is 0.336 e. The maximum absolute atomic E-state index is 12.5. The number of dihydropyridines is 1. The van der Waals surface area contributed by atoms with Gasteiger partial charge in [-0.15, -0.1) is 0 Å². The lowest BCUT2D eigenvalue weighted by molar-refractivity contribution is -0.138. The van der Waals surface area contributed by atoms with E-state index < -0.39 is 5.92 Å². The number of rotatable bonds is 4. The summed E-state index contributed by atoms with van der Waals surface area (Å²) in [5.74, 6) is -0.822. The number of ketones is 1. The molecule has 122 valence electrons. The molecule has 0 aliphatic carbocycles. The lowest BCUT2D eigenvalue weighted by Gasteiger charge is -2.30. The molecule has 1 atom stereocenters. The molecule has 1 aliphatic heterocycles. The number of aryl methyl sites for hydroxylation is 1. The average molecular weight is 313 g/mol. The van der Waals surface area contributed by atoms with Crippen LogP contribution in [0.3, 0.4) is 0 Å². The lowest BCUT2D eigenvalue weighted by atomic mass is 9.79. The molecule has 2 rings (SSSR count). The molecule has 0 spiro atoms. The monoisotopic (exact) mass is 313 g/mol. The van der Waals surface area contributed by atoms with Gasteiger partial charge in [-0.2, -0.15) is 0 Å². The molecule has 0 saturated carbocycles. The summed E-state index contributed by atoms with van der Waals surface area (Å²) in [6.45, 7) is 9.32. The van der Waals surface area contributed by atoms with Gasteiger partial charge in [0.15, 0.2) is 5.78 Å². The van der Waals surface area contributed by atoms with Crippen LogP contribution in [0.15, 0.2) is 46.8 Å². The minimum Gasteiger partial charge on any atom is -0.463 e. The van der Waals surface area contributed by atoms with Gasteiger partial charge in [-0.25, -0.2) is 4.79 Å². The first-order valence-corrected chi connectivity index (χ1v) is 7.80. The molecule has 0 amide bonds. The molecule has 1 heterocycles. The second kappa shape index (κ2) is 6.82. The Hall–Kier alpha value is -2.36. The number of Topliss-reactive ketones (excluding diaryl/α,β-unsaturated/α-hetero) is 1. The summed E-state index contributed by atoms with van der Waals surface area (Å²) < 4.78 is 5.22. The van der Waals surface area contributed by atoms with Crippen LogP contribution >= 0.6 is 0 Å². The van der Waals surface area contributed by atoms with Crippen LogP contribution in [0.4, 0.5) is 0 Å². The van der Waals surface area contributed by atoms with E-state index in [1.54, 1.807) is 6.92 Å². The molecule has 0 saturated heterocycles. The van der Waals surface area contributed by atoms with E-state index in [1.807, 2.05) is 45.0 Å². The summed E-state index contributed by atoms with van der Waals surface area (Å²) in [5, 5.41) is 3.15. The van der Waals surface area contributed by atoms with Crippen LogP contribution in [0.1, 0.15) is 44.7 Å². The Kier molecular flexibility index (Phi) is 5.04. The van der Waals surface area contributed by atoms with Crippen LogP contribution in [0, 0.1) is 6.92 Å². The van der Waals surface area contributed by atoms with E-state index in [4.69, 9.17) is 4.74 Å². The van der Waals surface area contributed by atoms with Crippen molar-refractivity contribution < 1.29 is 14.3 Å². The molecule has 1 N–H and O–H groups in total. The first kappa shape index (κ1) is 17.0. The van der Waals surface area contributed by atoms with Gasteiger partial charge in [-0.1, -0.05) is 29.8 Å². The number of carbonyl (C=O) groups is 2. The predicted octanol–water partition coefficient (Wildman–Crippen LogP) is 3.38. The normalized spacial score (nSPS) is 17.9. The number of esters is 1. The SMILES string of the molecule is CCOC(=O)C1=C(C)NC(C)=C(C(C)=O)C1c1ccc(C)cc1. The molecule has 1 aliphatic rings. The van der Waals surface area contributed by atoms with Crippen molar-refractivity contribution in [3.63, 3.8) is 0 Å². The second-order valence-corrected chi connectivity index (χ2v) is 5.82. The van der Waals surface area contributed by atoms with Gasteiger partial charge in [-0.3, -0.25) is 4.79 Å². The zero-order valence-electron chi connectivity index (χ0n) is 14.3. The van der Waals surface area contributed by atoms with E-state index in [2.05, 4.69) is 5.32 Å². The number of hydrogen-bond acceptors (Lipinski definition) is 4.